The summed E-state index contributed by atoms with van der Waals surface area (Å²) < 4.78 is 22.4. The summed E-state index contributed by atoms with van der Waals surface area (Å²) in [5.41, 5.74) is 1.58. The van der Waals surface area contributed by atoms with Crippen LogP contribution in [0.2, 0.25) is 0 Å². The van der Waals surface area contributed by atoms with E-state index in [0.717, 1.165) is 11.1 Å². The van der Waals surface area contributed by atoms with Crippen LogP contribution in [0.5, 0.6) is 11.5 Å². The van der Waals surface area contributed by atoms with Crippen molar-refractivity contribution < 1.29 is 28.5 Å². The average Bonchev–Trinajstić information content (AvgIpc) is 2.76. The maximum Gasteiger partial charge on any atom is 0.411 e. The van der Waals surface area contributed by atoms with E-state index < -0.39 is 23.7 Å². The lowest BCUT2D eigenvalue weighted by atomic mass is 9.92. The standard InChI is InChI=1S/C23H29N3O6/c1-6-30-21(27)18-11-17-15(13-26(18)22(28)32-23(2,3)4)7-8-19(29-5)20(17)31-14-16-12-24-9-10-25-16/h7-10,12,18H,6,11,13-14H2,1-5H3. The lowest BCUT2D eigenvalue weighted by molar-refractivity contribution is -0.150. The van der Waals surface area contributed by atoms with Gasteiger partial charge in [-0.15, -0.1) is 0 Å². The fraction of sp³-hybridized carbons (Fsp3) is 0.478. The molecule has 9 heteroatoms. The molecule has 1 aliphatic rings. The van der Waals surface area contributed by atoms with Crippen LogP contribution in [0, 0.1) is 0 Å². The fourth-order valence-corrected chi connectivity index (χ4v) is 3.45. The first kappa shape index (κ1) is 23.3. The number of nitrogens with zero attached hydrogens (tertiary/aromatic N) is 3. The second kappa shape index (κ2) is 9.84. The fourth-order valence-electron chi connectivity index (χ4n) is 3.45. The largest absolute Gasteiger partial charge is 0.493 e. The third-order valence-corrected chi connectivity index (χ3v) is 4.82. The Balaban J connectivity index is 1.95. The molecule has 0 aliphatic carbocycles. The zero-order chi connectivity index (χ0) is 23.3. The Morgan fingerprint density at radius 2 is 2.00 bits per heavy atom. The molecule has 2 aromatic rings. The van der Waals surface area contributed by atoms with E-state index in [0.29, 0.717) is 17.2 Å². The Bertz CT molecular complexity index is 958. The van der Waals surface area contributed by atoms with Crippen molar-refractivity contribution in [3.05, 3.63) is 47.5 Å². The van der Waals surface area contributed by atoms with Crippen molar-refractivity contribution in [3.8, 4) is 11.5 Å². The van der Waals surface area contributed by atoms with E-state index in [9.17, 15) is 9.59 Å². The van der Waals surface area contributed by atoms with Crippen molar-refractivity contribution in [2.24, 2.45) is 0 Å². The summed E-state index contributed by atoms with van der Waals surface area (Å²) >= 11 is 0. The number of hydrogen-bond donors (Lipinski definition) is 0. The molecule has 0 fully saturated rings. The molecule has 1 atom stereocenters. The van der Waals surface area contributed by atoms with Crippen LogP contribution < -0.4 is 9.47 Å². The second-order valence-corrected chi connectivity index (χ2v) is 8.30. The van der Waals surface area contributed by atoms with Gasteiger partial charge >= 0.3 is 12.1 Å². The Labute approximate surface area is 187 Å². The van der Waals surface area contributed by atoms with Gasteiger partial charge in [-0.05, 0) is 39.3 Å². The van der Waals surface area contributed by atoms with Crippen molar-refractivity contribution in [2.75, 3.05) is 13.7 Å². The van der Waals surface area contributed by atoms with E-state index >= 15 is 0 Å². The summed E-state index contributed by atoms with van der Waals surface area (Å²) in [6, 6.07) is 2.80. The Morgan fingerprint density at radius 3 is 2.62 bits per heavy atom. The smallest absolute Gasteiger partial charge is 0.411 e. The minimum Gasteiger partial charge on any atom is -0.493 e. The monoisotopic (exact) mass is 443 g/mol. The summed E-state index contributed by atoms with van der Waals surface area (Å²) in [5, 5.41) is 0. The maximum atomic E-state index is 12.9. The molecule has 0 radical (unpaired) electrons. The molecule has 1 aliphatic heterocycles. The lowest BCUT2D eigenvalue weighted by Crippen LogP contribution is -2.50. The maximum absolute atomic E-state index is 12.9. The van der Waals surface area contributed by atoms with Gasteiger partial charge in [-0.2, -0.15) is 0 Å². The number of carbonyl (C=O) groups excluding carboxylic acids is 2. The second-order valence-electron chi connectivity index (χ2n) is 8.30. The summed E-state index contributed by atoms with van der Waals surface area (Å²) in [5.74, 6) is 0.543. The first-order valence-corrected chi connectivity index (χ1v) is 10.5. The highest BCUT2D eigenvalue weighted by Crippen LogP contribution is 2.39. The van der Waals surface area contributed by atoms with Crippen LogP contribution >= 0.6 is 0 Å². The van der Waals surface area contributed by atoms with E-state index in [1.165, 1.54) is 4.90 Å². The molecule has 32 heavy (non-hydrogen) atoms. The van der Waals surface area contributed by atoms with Crippen LogP contribution in [0.4, 0.5) is 4.79 Å². The zero-order valence-electron chi connectivity index (χ0n) is 19.1. The SMILES string of the molecule is CCOC(=O)C1Cc2c(ccc(OC)c2OCc2cnccn2)CN1C(=O)OC(C)(C)C. The van der Waals surface area contributed by atoms with E-state index in [-0.39, 0.29) is 26.2 Å². The van der Waals surface area contributed by atoms with E-state index in [2.05, 4.69) is 9.97 Å². The molecule has 0 N–H and O–H groups in total. The molecule has 0 spiro atoms. The minimum absolute atomic E-state index is 0.180. The molecule has 1 amide bonds. The molecule has 0 saturated carbocycles. The van der Waals surface area contributed by atoms with Gasteiger partial charge in [0.2, 0.25) is 0 Å². The third-order valence-electron chi connectivity index (χ3n) is 4.82. The Kier molecular flexibility index (Phi) is 7.17. The number of amides is 1. The average molecular weight is 444 g/mol. The number of carbonyl (C=O) groups is 2. The molecule has 0 bridgehead atoms. The molecular formula is C23H29N3O6. The molecule has 2 heterocycles. The number of esters is 1. The number of benzene rings is 1. The van der Waals surface area contributed by atoms with Crippen LogP contribution in [-0.4, -0.2) is 52.3 Å². The van der Waals surface area contributed by atoms with Crippen molar-refractivity contribution in [2.45, 2.75) is 58.9 Å². The number of methoxy groups -OCH3 is 1. The molecular weight excluding hydrogens is 414 g/mol. The zero-order valence-corrected chi connectivity index (χ0v) is 19.1. The van der Waals surface area contributed by atoms with E-state index in [1.807, 2.05) is 6.07 Å². The summed E-state index contributed by atoms with van der Waals surface area (Å²) in [6.45, 7) is 7.64. The molecule has 0 saturated heterocycles. The molecule has 9 nitrogen and oxygen atoms in total. The van der Waals surface area contributed by atoms with Crippen LogP contribution in [0.25, 0.3) is 0 Å². The van der Waals surface area contributed by atoms with Gasteiger partial charge in [0.15, 0.2) is 11.5 Å². The highest BCUT2D eigenvalue weighted by Gasteiger charge is 2.39. The quantitative estimate of drug-likeness (QED) is 0.627. The van der Waals surface area contributed by atoms with Gasteiger partial charge in [0, 0.05) is 24.4 Å². The highest BCUT2D eigenvalue weighted by molar-refractivity contribution is 5.83. The number of fused-ring (bicyclic) bond motifs is 1. The van der Waals surface area contributed by atoms with Gasteiger partial charge in [0.1, 0.15) is 18.2 Å². The van der Waals surface area contributed by atoms with Crippen molar-refractivity contribution >= 4 is 12.1 Å². The van der Waals surface area contributed by atoms with Crippen LogP contribution in [-0.2, 0) is 33.8 Å². The molecule has 172 valence electrons. The van der Waals surface area contributed by atoms with Crippen molar-refractivity contribution in [1.82, 2.24) is 14.9 Å². The van der Waals surface area contributed by atoms with Gasteiger partial charge in [-0.1, -0.05) is 6.07 Å². The molecule has 3 rings (SSSR count). The molecule has 1 unspecified atom stereocenters. The van der Waals surface area contributed by atoms with E-state index in [1.54, 1.807) is 59.5 Å². The number of hydrogen-bond acceptors (Lipinski definition) is 8. The van der Waals surface area contributed by atoms with Crippen LogP contribution in [0.15, 0.2) is 30.7 Å². The first-order chi connectivity index (χ1) is 15.2. The van der Waals surface area contributed by atoms with Gasteiger partial charge in [-0.25, -0.2) is 9.59 Å². The summed E-state index contributed by atoms with van der Waals surface area (Å²) in [4.78, 5) is 35.3. The van der Waals surface area contributed by atoms with E-state index in [4.69, 9.17) is 18.9 Å². The van der Waals surface area contributed by atoms with Crippen molar-refractivity contribution in [1.29, 1.82) is 0 Å². The predicted molar refractivity (Wildman–Crippen MR) is 115 cm³/mol. The number of aromatic nitrogens is 2. The lowest BCUT2D eigenvalue weighted by Gasteiger charge is -2.37. The minimum atomic E-state index is -0.844. The van der Waals surface area contributed by atoms with Gasteiger partial charge < -0.3 is 18.9 Å². The van der Waals surface area contributed by atoms with Gasteiger partial charge in [0.25, 0.3) is 0 Å². The summed E-state index contributed by atoms with van der Waals surface area (Å²) in [6.07, 6.45) is 4.43. The normalized spacial score (nSPS) is 15.5. The molecule has 1 aromatic heterocycles. The molecule has 1 aromatic carbocycles. The van der Waals surface area contributed by atoms with Gasteiger partial charge in [0.05, 0.1) is 32.2 Å². The Hall–Kier alpha value is -3.36. The summed E-state index contributed by atoms with van der Waals surface area (Å²) in [7, 11) is 1.55. The van der Waals surface area contributed by atoms with Crippen molar-refractivity contribution in [3.63, 3.8) is 0 Å². The van der Waals surface area contributed by atoms with Crippen LogP contribution in [0.3, 0.4) is 0 Å². The van der Waals surface area contributed by atoms with Gasteiger partial charge in [-0.3, -0.25) is 14.9 Å². The number of rotatable bonds is 6. The third kappa shape index (κ3) is 5.46. The Morgan fingerprint density at radius 1 is 1.22 bits per heavy atom. The highest BCUT2D eigenvalue weighted by atomic mass is 16.6. The first-order valence-electron chi connectivity index (χ1n) is 10.5. The van der Waals surface area contributed by atoms with Crippen LogP contribution in [0.1, 0.15) is 44.5 Å². The topological polar surface area (TPSA) is 100 Å². The predicted octanol–water partition coefficient (Wildman–Crippen LogP) is 3.29. The number of ether oxygens (including phenoxy) is 4.